The van der Waals surface area contributed by atoms with E-state index in [-0.39, 0.29) is 4.90 Å². The van der Waals surface area contributed by atoms with Gasteiger partial charge in [-0.3, -0.25) is 0 Å². The summed E-state index contributed by atoms with van der Waals surface area (Å²) in [6, 6.07) is 6.81. The molecule has 0 N–H and O–H groups in total. The molecule has 25 heavy (non-hydrogen) atoms. The van der Waals surface area contributed by atoms with Crippen molar-refractivity contribution >= 4 is 16.0 Å². The molecule has 1 aliphatic rings. The highest BCUT2D eigenvalue weighted by atomic mass is 32.2. The van der Waals surface area contributed by atoms with Gasteiger partial charge in [-0.2, -0.15) is 4.31 Å². The Kier molecular flexibility index (Phi) is 5.01. The van der Waals surface area contributed by atoms with E-state index in [1.54, 1.807) is 6.20 Å². The second kappa shape index (κ2) is 7.05. The summed E-state index contributed by atoms with van der Waals surface area (Å²) in [6.07, 6.45) is 1.74. The highest BCUT2D eigenvalue weighted by Gasteiger charge is 2.29. The van der Waals surface area contributed by atoms with Crippen LogP contribution in [0.2, 0.25) is 0 Å². The number of hydrogen-bond acceptors (Lipinski definition) is 5. The number of rotatable bonds is 4. The minimum absolute atomic E-state index is 0.111. The molecule has 0 saturated carbocycles. The van der Waals surface area contributed by atoms with Gasteiger partial charge in [0, 0.05) is 38.1 Å². The molecule has 1 aromatic carbocycles. The Morgan fingerprint density at radius 3 is 2.28 bits per heavy atom. The smallest absolute Gasteiger partial charge is 0.243 e. The largest absolute Gasteiger partial charge is 0.338 e. The predicted octanol–water partition coefficient (Wildman–Crippen LogP) is 2.25. The number of benzene rings is 1. The summed E-state index contributed by atoms with van der Waals surface area (Å²) in [7, 11) is -3.61. The summed E-state index contributed by atoms with van der Waals surface area (Å²) in [4.78, 5) is 11.0. The number of halogens is 1. The maximum atomic E-state index is 13.0. The van der Waals surface area contributed by atoms with Gasteiger partial charge >= 0.3 is 0 Å². The SMILES string of the molecule is CC(C)c1ccnc(N2CCN(S(=O)(=O)c3ccc(F)cc3)CC2)n1. The first-order chi connectivity index (χ1) is 11.9. The van der Waals surface area contributed by atoms with Crippen LogP contribution in [-0.4, -0.2) is 48.9 Å². The first-order valence-electron chi connectivity index (χ1n) is 8.21. The molecule has 1 fully saturated rings. The van der Waals surface area contributed by atoms with E-state index < -0.39 is 15.8 Å². The van der Waals surface area contributed by atoms with Gasteiger partial charge in [0.05, 0.1) is 4.90 Å². The highest BCUT2D eigenvalue weighted by molar-refractivity contribution is 7.89. The average Bonchev–Trinajstić information content (AvgIpc) is 2.62. The van der Waals surface area contributed by atoms with Crippen LogP contribution < -0.4 is 4.90 Å². The molecule has 0 amide bonds. The summed E-state index contributed by atoms with van der Waals surface area (Å²) in [6.45, 7) is 5.85. The van der Waals surface area contributed by atoms with E-state index in [9.17, 15) is 12.8 Å². The molecule has 0 atom stereocenters. The summed E-state index contributed by atoms with van der Waals surface area (Å²) < 4.78 is 39.7. The molecular weight excluding hydrogens is 343 g/mol. The molecule has 2 heterocycles. The second-order valence-corrected chi connectivity index (χ2v) is 8.22. The van der Waals surface area contributed by atoms with Gasteiger partial charge in [-0.1, -0.05) is 13.8 Å². The molecular formula is C17H21FN4O2S. The first-order valence-corrected chi connectivity index (χ1v) is 9.65. The van der Waals surface area contributed by atoms with E-state index >= 15 is 0 Å². The molecule has 0 radical (unpaired) electrons. The van der Waals surface area contributed by atoms with E-state index in [0.29, 0.717) is 38.0 Å². The molecule has 0 unspecified atom stereocenters. The van der Waals surface area contributed by atoms with Crippen molar-refractivity contribution in [2.75, 3.05) is 31.1 Å². The summed E-state index contributed by atoms with van der Waals surface area (Å²) in [5, 5.41) is 0. The maximum absolute atomic E-state index is 13.0. The fraction of sp³-hybridized carbons (Fsp3) is 0.412. The summed E-state index contributed by atoms with van der Waals surface area (Å²) >= 11 is 0. The third-order valence-corrected chi connectivity index (χ3v) is 6.14. The van der Waals surface area contributed by atoms with Gasteiger partial charge in [0.25, 0.3) is 0 Å². The molecule has 0 bridgehead atoms. The van der Waals surface area contributed by atoms with E-state index in [4.69, 9.17) is 0 Å². The number of nitrogens with zero attached hydrogens (tertiary/aromatic N) is 4. The molecule has 1 saturated heterocycles. The molecule has 2 aromatic rings. The number of anilines is 1. The van der Waals surface area contributed by atoms with E-state index in [1.807, 2.05) is 11.0 Å². The lowest BCUT2D eigenvalue weighted by Gasteiger charge is -2.34. The van der Waals surface area contributed by atoms with Crippen LogP contribution in [0.1, 0.15) is 25.5 Å². The van der Waals surface area contributed by atoms with Crippen molar-refractivity contribution in [1.82, 2.24) is 14.3 Å². The number of aromatic nitrogens is 2. The van der Waals surface area contributed by atoms with Crippen molar-refractivity contribution in [1.29, 1.82) is 0 Å². The van der Waals surface area contributed by atoms with Crippen LogP contribution in [0.3, 0.4) is 0 Å². The van der Waals surface area contributed by atoms with Gasteiger partial charge in [-0.05, 0) is 36.2 Å². The quantitative estimate of drug-likeness (QED) is 0.832. The van der Waals surface area contributed by atoms with E-state index in [2.05, 4.69) is 23.8 Å². The Bertz CT molecular complexity index is 832. The van der Waals surface area contributed by atoms with Gasteiger partial charge in [0.15, 0.2) is 0 Å². The third kappa shape index (κ3) is 3.80. The highest BCUT2D eigenvalue weighted by Crippen LogP contribution is 2.20. The van der Waals surface area contributed by atoms with Gasteiger partial charge in [0.1, 0.15) is 5.82 Å². The van der Waals surface area contributed by atoms with Crippen molar-refractivity contribution in [2.45, 2.75) is 24.7 Å². The molecule has 3 rings (SSSR count). The Morgan fingerprint density at radius 2 is 1.68 bits per heavy atom. The van der Waals surface area contributed by atoms with Crippen molar-refractivity contribution in [3.8, 4) is 0 Å². The number of sulfonamides is 1. The lowest BCUT2D eigenvalue weighted by Crippen LogP contribution is -2.49. The zero-order chi connectivity index (χ0) is 18.0. The molecule has 1 aromatic heterocycles. The summed E-state index contributed by atoms with van der Waals surface area (Å²) in [5.74, 6) is 0.484. The minimum Gasteiger partial charge on any atom is -0.338 e. The van der Waals surface area contributed by atoms with Gasteiger partial charge in [-0.25, -0.2) is 22.8 Å². The molecule has 8 heteroatoms. The van der Waals surface area contributed by atoms with Crippen LogP contribution in [0.25, 0.3) is 0 Å². The van der Waals surface area contributed by atoms with Gasteiger partial charge in [-0.15, -0.1) is 0 Å². The third-order valence-electron chi connectivity index (χ3n) is 4.23. The Balaban J connectivity index is 1.71. The number of piperazine rings is 1. The second-order valence-electron chi connectivity index (χ2n) is 6.28. The van der Waals surface area contributed by atoms with Gasteiger partial charge < -0.3 is 4.90 Å². The molecule has 1 aliphatic heterocycles. The Morgan fingerprint density at radius 1 is 1.04 bits per heavy atom. The van der Waals surface area contributed by atoms with Crippen molar-refractivity contribution in [2.24, 2.45) is 0 Å². The molecule has 6 nitrogen and oxygen atoms in total. The monoisotopic (exact) mass is 364 g/mol. The first kappa shape index (κ1) is 17.8. The fourth-order valence-corrected chi connectivity index (χ4v) is 4.14. The minimum atomic E-state index is -3.61. The Hall–Kier alpha value is -2.06. The average molecular weight is 364 g/mol. The van der Waals surface area contributed by atoms with Crippen LogP contribution in [0.15, 0.2) is 41.4 Å². The predicted molar refractivity (Wildman–Crippen MR) is 93.5 cm³/mol. The fourth-order valence-electron chi connectivity index (χ4n) is 2.72. The van der Waals surface area contributed by atoms with Crippen LogP contribution in [0.5, 0.6) is 0 Å². The van der Waals surface area contributed by atoms with Crippen molar-refractivity contribution in [3.05, 3.63) is 48.0 Å². The topological polar surface area (TPSA) is 66.4 Å². The van der Waals surface area contributed by atoms with E-state index in [1.165, 1.54) is 16.4 Å². The van der Waals surface area contributed by atoms with E-state index in [0.717, 1.165) is 17.8 Å². The van der Waals surface area contributed by atoms with Crippen LogP contribution >= 0.6 is 0 Å². The maximum Gasteiger partial charge on any atom is 0.243 e. The van der Waals surface area contributed by atoms with Crippen LogP contribution in [0.4, 0.5) is 10.3 Å². The zero-order valence-electron chi connectivity index (χ0n) is 14.3. The summed E-state index contributed by atoms with van der Waals surface area (Å²) in [5.41, 5.74) is 0.964. The normalized spacial score (nSPS) is 16.4. The molecule has 134 valence electrons. The lowest BCUT2D eigenvalue weighted by atomic mass is 10.1. The Labute approximate surface area is 147 Å². The van der Waals surface area contributed by atoms with Crippen molar-refractivity contribution in [3.63, 3.8) is 0 Å². The zero-order valence-corrected chi connectivity index (χ0v) is 15.1. The van der Waals surface area contributed by atoms with Crippen LogP contribution in [-0.2, 0) is 10.0 Å². The number of hydrogen-bond donors (Lipinski definition) is 0. The standard InChI is InChI=1S/C17H21FN4O2S/c1-13(2)16-7-8-19-17(20-16)21-9-11-22(12-10-21)25(23,24)15-5-3-14(18)4-6-15/h3-8,13H,9-12H2,1-2H3. The molecule has 0 aliphatic carbocycles. The van der Waals surface area contributed by atoms with Gasteiger partial charge in [0.2, 0.25) is 16.0 Å². The lowest BCUT2D eigenvalue weighted by molar-refractivity contribution is 0.382. The van der Waals surface area contributed by atoms with Crippen molar-refractivity contribution < 1.29 is 12.8 Å². The molecule has 0 spiro atoms. The van der Waals surface area contributed by atoms with Crippen LogP contribution in [0, 0.1) is 5.82 Å².